The van der Waals surface area contributed by atoms with Crippen molar-refractivity contribution in [2.45, 2.75) is 35.3 Å². The Kier molecular flexibility index (Phi) is 5.06. The van der Waals surface area contributed by atoms with Crippen molar-refractivity contribution in [1.29, 1.82) is 0 Å². The predicted molar refractivity (Wildman–Crippen MR) is 77.4 cm³/mol. The van der Waals surface area contributed by atoms with Crippen molar-refractivity contribution in [3.05, 3.63) is 35.9 Å². The van der Waals surface area contributed by atoms with Gasteiger partial charge in [0.1, 0.15) is 0 Å². The highest BCUT2D eigenvalue weighted by Gasteiger charge is 2.35. The van der Waals surface area contributed by atoms with Crippen LogP contribution in [0.25, 0.3) is 0 Å². The summed E-state index contributed by atoms with van der Waals surface area (Å²) in [5.74, 6) is -0.238. The second-order valence-corrected chi connectivity index (χ2v) is 8.25. The van der Waals surface area contributed by atoms with Gasteiger partial charge in [-0.25, -0.2) is 0 Å². The summed E-state index contributed by atoms with van der Waals surface area (Å²) < 4.78 is -1.43. The van der Waals surface area contributed by atoms with Crippen LogP contribution in [0.2, 0.25) is 0 Å². The maximum Gasteiger partial charge on any atom is 0.198 e. The topological polar surface area (TPSA) is 17.1 Å². The van der Waals surface area contributed by atoms with Gasteiger partial charge in [-0.05, 0) is 12.8 Å². The molecule has 0 unspecified atom stereocenters. The third-order valence-corrected chi connectivity index (χ3v) is 3.52. The summed E-state index contributed by atoms with van der Waals surface area (Å²) >= 11 is 15.8. The van der Waals surface area contributed by atoms with Crippen molar-refractivity contribution in [1.82, 2.24) is 0 Å². The molecule has 0 radical (unpaired) electrons. The first-order valence-corrected chi connectivity index (χ1v) is 6.94. The van der Waals surface area contributed by atoms with E-state index < -0.39 is 4.33 Å². The molecule has 0 bridgehead atoms. The molecule has 0 spiro atoms. The molecule has 0 aromatic heterocycles. The summed E-state index contributed by atoms with van der Waals surface area (Å²) in [5, 5.41) is 0. The van der Waals surface area contributed by atoms with Crippen LogP contribution in [0.5, 0.6) is 0 Å². The Bertz CT molecular complexity index is 382. The Morgan fingerprint density at radius 1 is 1.18 bits per heavy atom. The van der Waals surface area contributed by atoms with E-state index in [4.69, 9.17) is 23.2 Å². The molecule has 0 amide bonds. The molecule has 0 atom stereocenters. The van der Waals surface area contributed by atoms with Gasteiger partial charge in [0.2, 0.25) is 0 Å². The molecule has 0 aliphatic rings. The van der Waals surface area contributed by atoms with E-state index in [9.17, 15) is 4.79 Å². The largest absolute Gasteiger partial charge is 0.291 e. The number of hydrogen-bond donors (Lipinski definition) is 0. The standard InChI is InChI=1S/C13H15BrCl2O/c1-12(2,14)8-9-13(15,16)11(17)10-6-4-3-5-7-10/h3-7H,8-9H2,1-2H3. The summed E-state index contributed by atoms with van der Waals surface area (Å²) in [6, 6.07) is 8.89. The fourth-order valence-electron chi connectivity index (χ4n) is 1.37. The highest BCUT2D eigenvalue weighted by molar-refractivity contribution is 9.10. The van der Waals surface area contributed by atoms with Gasteiger partial charge in [0.15, 0.2) is 10.1 Å². The molecule has 0 aliphatic carbocycles. The number of ketones is 1. The summed E-state index contributed by atoms with van der Waals surface area (Å²) in [5.41, 5.74) is 0.546. The van der Waals surface area contributed by atoms with Crippen molar-refractivity contribution < 1.29 is 4.79 Å². The van der Waals surface area contributed by atoms with Gasteiger partial charge in [0.25, 0.3) is 0 Å². The van der Waals surface area contributed by atoms with Gasteiger partial charge in [-0.2, -0.15) is 0 Å². The lowest BCUT2D eigenvalue weighted by Gasteiger charge is -2.23. The first-order valence-electron chi connectivity index (χ1n) is 5.39. The van der Waals surface area contributed by atoms with Crippen LogP contribution in [0.15, 0.2) is 30.3 Å². The van der Waals surface area contributed by atoms with Crippen LogP contribution < -0.4 is 0 Å². The first kappa shape index (κ1) is 15.0. The molecule has 1 aromatic rings. The Hall–Kier alpha value is -0.0500. The maximum atomic E-state index is 12.1. The minimum atomic E-state index is -1.35. The SMILES string of the molecule is CC(C)(Br)CCC(Cl)(Cl)C(=O)c1ccccc1. The minimum Gasteiger partial charge on any atom is -0.291 e. The zero-order chi connectivity index (χ0) is 13.1. The Labute approximate surface area is 121 Å². The van der Waals surface area contributed by atoms with E-state index in [1.807, 2.05) is 19.9 Å². The quantitative estimate of drug-likeness (QED) is 0.546. The molecule has 4 heteroatoms. The minimum absolute atomic E-state index is 0.0704. The number of carbonyl (C=O) groups excluding carboxylic acids is 1. The fourth-order valence-corrected chi connectivity index (χ4v) is 1.97. The Balaban J connectivity index is 2.74. The number of carbonyl (C=O) groups is 1. The molecule has 0 heterocycles. The normalized spacial score (nSPS) is 12.5. The van der Waals surface area contributed by atoms with Gasteiger partial charge < -0.3 is 0 Å². The smallest absolute Gasteiger partial charge is 0.198 e. The summed E-state index contributed by atoms with van der Waals surface area (Å²) in [7, 11) is 0. The van der Waals surface area contributed by atoms with Gasteiger partial charge in [0.05, 0.1) is 0 Å². The third-order valence-electron chi connectivity index (χ3n) is 2.40. The molecule has 1 nitrogen and oxygen atoms in total. The van der Waals surface area contributed by atoms with Crippen LogP contribution >= 0.6 is 39.1 Å². The molecule has 0 aliphatic heterocycles. The van der Waals surface area contributed by atoms with Gasteiger partial charge >= 0.3 is 0 Å². The van der Waals surface area contributed by atoms with E-state index in [2.05, 4.69) is 15.9 Å². The van der Waals surface area contributed by atoms with Crippen LogP contribution in [0.1, 0.15) is 37.0 Å². The molecule has 0 saturated heterocycles. The predicted octanol–water partition coefficient (Wildman–Crippen LogP) is 5.00. The van der Waals surface area contributed by atoms with Crippen molar-refractivity contribution in [2.75, 3.05) is 0 Å². The van der Waals surface area contributed by atoms with Crippen molar-refractivity contribution in [3.63, 3.8) is 0 Å². The van der Waals surface area contributed by atoms with Crippen molar-refractivity contribution in [2.24, 2.45) is 0 Å². The lowest BCUT2D eigenvalue weighted by molar-refractivity contribution is 0.0967. The van der Waals surface area contributed by atoms with E-state index in [1.54, 1.807) is 24.3 Å². The lowest BCUT2D eigenvalue weighted by atomic mass is 10.0. The maximum absolute atomic E-state index is 12.1. The van der Waals surface area contributed by atoms with Gasteiger partial charge in [0, 0.05) is 9.89 Å². The second-order valence-electron chi connectivity index (χ2n) is 4.62. The number of rotatable bonds is 5. The number of Topliss-reactive ketones (excluding diaryl/α,β-unsaturated/α-hetero) is 1. The van der Waals surface area contributed by atoms with Crippen LogP contribution in [-0.4, -0.2) is 14.4 Å². The molecule has 94 valence electrons. The lowest BCUT2D eigenvalue weighted by Crippen LogP contribution is -2.28. The molecule has 1 rings (SSSR count). The molecule has 17 heavy (non-hydrogen) atoms. The number of halogens is 3. The van der Waals surface area contributed by atoms with Crippen molar-refractivity contribution >= 4 is 44.9 Å². The molecule has 0 saturated carbocycles. The molecule has 0 N–H and O–H groups in total. The van der Waals surface area contributed by atoms with E-state index in [1.165, 1.54) is 0 Å². The monoisotopic (exact) mass is 336 g/mol. The molecule has 1 aromatic carbocycles. The molecular weight excluding hydrogens is 323 g/mol. The van der Waals surface area contributed by atoms with E-state index >= 15 is 0 Å². The summed E-state index contributed by atoms with van der Waals surface area (Å²) in [6.45, 7) is 4.04. The third kappa shape index (κ3) is 4.99. The van der Waals surface area contributed by atoms with Crippen molar-refractivity contribution in [3.8, 4) is 0 Å². The van der Waals surface area contributed by atoms with Crippen LogP contribution in [0, 0.1) is 0 Å². The van der Waals surface area contributed by atoms with E-state index in [0.717, 1.165) is 6.42 Å². The average molecular weight is 338 g/mol. The van der Waals surface area contributed by atoms with Crippen LogP contribution in [0.4, 0.5) is 0 Å². The average Bonchev–Trinajstić information content (AvgIpc) is 2.26. The zero-order valence-corrected chi connectivity index (χ0v) is 12.9. The van der Waals surface area contributed by atoms with Gasteiger partial charge in [-0.15, -0.1) is 0 Å². The highest BCUT2D eigenvalue weighted by Crippen LogP contribution is 2.35. The second kappa shape index (κ2) is 5.73. The highest BCUT2D eigenvalue weighted by atomic mass is 79.9. The van der Waals surface area contributed by atoms with Crippen LogP contribution in [-0.2, 0) is 0 Å². The number of benzene rings is 1. The number of alkyl halides is 3. The zero-order valence-electron chi connectivity index (χ0n) is 9.84. The summed E-state index contributed by atoms with van der Waals surface area (Å²) in [6.07, 6.45) is 1.14. The molecule has 0 fully saturated rings. The number of hydrogen-bond acceptors (Lipinski definition) is 1. The Morgan fingerprint density at radius 3 is 2.18 bits per heavy atom. The Morgan fingerprint density at radius 2 is 1.71 bits per heavy atom. The van der Waals surface area contributed by atoms with Gasteiger partial charge in [-0.3, -0.25) is 4.79 Å². The fraction of sp³-hybridized carbons (Fsp3) is 0.462. The molecular formula is C13H15BrCl2O. The van der Waals surface area contributed by atoms with Gasteiger partial charge in [-0.1, -0.05) is 83.3 Å². The first-order chi connectivity index (χ1) is 7.72. The van der Waals surface area contributed by atoms with E-state index in [-0.39, 0.29) is 10.1 Å². The van der Waals surface area contributed by atoms with E-state index in [0.29, 0.717) is 12.0 Å². The van der Waals surface area contributed by atoms with Crippen LogP contribution in [0.3, 0.4) is 0 Å². The summed E-state index contributed by atoms with van der Waals surface area (Å²) in [4.78, 5) is 12.1.